The highest BCUT2D eigenvalue weighted by molar-refractivity contribution is 6.31. The van der Waals surface area contributed by atoms with Crippen LogP contribution in [0.25, 0.3) is 0 Å². The maximum atomic E-state index is 11.9. The number of esters is 1. The Labute approximate surface area is 148 Å². The molecule has 7 nitrogen and oxygen atoms in total. The van der Waals surface area contributed by atoms with E-state index < -0.39 is 23.4 Å². The van der Waals surface area contributed by atoms with Gasteiger partial charge in [0.05, 0.1) is 11.3 Å². The number of nitro groups is 1. The third-order valence-corrected chi connectivity index (χ3v) is 3.62. The zero-order chi connectivity index (χ0) is 18.4. The van der Waals surface area contributed by atoms with E-state index in [-0.39, 0.29) is 22.8 Å². The molecule has 0 saturated heterocycles. The second-order valence-electron chi connectivity index (χ2n) is 5.23. The molecule has 2 aromatic carbocycles. The average molecular weight is 363 g/mol. The van der Waals surface area contributed by atoms with Crippen molar-refractivity contribution in [2.75, 3.05) is 11.9 Å². The van der Waals surface area contributed by atoms with Crippen molar-refractivity contribution in [2.45, 2.75) is 13.3 Å². The number of nitrogens with zero attached hydrogens (tertiary/aromatic N) is 1. The summed E-state index contributed by atoms with van der Waals surface area (Å²) in [7, 11) is 0. The molecule has 2 rings (SSSR count). The fraction of sp³-hybridized carbons (Fsp3) is 0.176. The second kappa shape index (κ2) is 8.25. The standard InChI is InChI=1S/C17H15ClN2O5/c1-11-4-2-3-5-12(11)8-17(22)25-10-16(21)19-14-9-13(18)6-7-15(14)20(23)24/h2-7,9H,8,10H2,1H3,(H,19,21). The summed E-state index contributed by atoms with van der Waals surface area (Å²) in [6.07, 6.45) is 0.0390. The van der Waals surface area contributed by atoms with Crippen molar-refractivity contribution in [2.24, 2.45) is 0 Å². The monoisotopic (exact) mass is 362 g/mol. The third-order valence-electron chi connectivity index (χ3n) is 3.39. The van der Waals surface area contributed by atoms with Gasteiger partial charge in [0.1, 0.15) is 5.69 Å². The quantitative estimate of drug-likeness (QED) is 0.483. The summed E-state index contributed by atoms with van der Waals surface area (Å²) in [5.41, 5.74) is 1.39. The minimum Gasteiger partial charge on any atom is -0.455 e. The van der Waals surface area contributed by atoms with Crippen LogP contribution in [0.4, 0.5) is 11.4 Å². The molecule has 1 N–H and O–H groups in total. The number of benzene rings is 2. The number of hydrogen-bond donors (Lipinski definition) is 1. The van der Waals surface area contributed by atoms with Crippen LogP contribution in [0.2, 0.25) is 5.02 Å². The summed E-state index contributed by atoms with van der Waals surface area (Å²) >= 11 is 5.78. The number of anilines is 1. The lowest BCUT2D eigenvalue weighted by molar-refractivity contribution is -0.383. The molecule has 0 aliphatic heterocycles. The van der Waals surface area contributed by atoms with Gasteiger partial charge in [-0.15, -0.1) is 0 Å². The molecule has 1 amide bonds. The number of halogens is 1. The largest absolute Gasteiger partial charge is 0.455 e. The van der Waals surface area contributed by atoms with Crippen molar-refractivity contribution in [3.8, 4) is 0 Å². The van der Waals surface area contributed by atoms with Gasteiger partial charge in [0.2, 0.25) is 0 Å². The number of carbonyl (C=O) groups is 2. The number of nitro benzene ring substituents is 1. The Hall–Kier alpha value is -2.93. The van der Waals surface area contributed by atoms with Gasteiger partial charge in [-0.3, -0.25) is 19.7 Å². The summed E-state index contributed by atoms with van der Waals surface area (Å²) in [5.74, 6) is -1.26. The van der Waals surface area contributed by atoms with E-state index in [0.29, 0.717) is 0 Å². The predicted molar refractivity (Wildman–Crippen MR) is 92.6 cm³/mol. The fourth-order valence-corrected chi connectivity index (χ4v) is 2.29. The predicted octanol–water partition coefficient (Wildman–Crippen LogP) is 3.28. The SMILES string of the molecule is Cc1ccccc1CC(=O)OCC(=O)Nc1cc(Cl)ccc1[N+](=O)[O-]. The molecule has 0 aliphatic rings. The molecule has 0 unspecified atom stereocenters. The van der Waals surface area contributed by atoms with Crippen molar-refractivity contribution in [3.63, 3.8) is 0 Å². The Morgan fingerprint density at radius 2 is 1.96 bits per heavy atom. The topological polar surface area (TPSA) is 98.5 Å². The van der Waals surface area contributed by atoms with Crippen LogP contribution < -0.4 is 5.32 Å². The van der Waals surface area contributed by atoms with Gasteiger partial charge < -0.3 is 10.1 Å². The highest BCUT2D eigenvalue weighted by Crippen LogP contribution is 2.27. The molecule has 0 fully saturated rings. The fourth-order valence-electron chi connectivity index (χ4n) is 2.11. The van der Waals surface area contributed by atoms with E-state index in [9.17, 15) is 19.7 Å². The van der Waals surface area contributed by atoms with E-state index in [2.05, 4.69) is 5.32 Å². The van der Waals surface area contributed by atoms with Crippen LogP contribution in [0.1, 0.15) is 11.1 Å². The molecule has 0 spiro atoms. The molecule has 0 saturated carbocycles. The smallest absolute Gasteiger partial charge is 0.310 e. The Kier molecular flexibility index (Phi) is 6.08. The van der Waals surface area contributed by atoms with Crippen LogP contribution in [0.3, 0.4) is 0 Å². The number of rotatable bonds is 6. The van der Waals surface area contributed by atoms with E-state index >= 15 is 0 Å². The van der Waals surface area contributed by atoms with Crippen molar-refractivity contribution >= 4 is 34.9 Å². The molecular weight excluding hydrogens is 348 g/mol. The first-order valence-corrected chi connectivity index (χ1v) is 7.68. The summed E-state index contributed by atoms with van der Waals surface area (Å²) in [6, 6.07) is 11.1. The molecule has 130 valence electrons. The molecule has 2 aromatic rings. The first kappa shape index (κ1) is 18.4. The Balaban J connectivity index is 1.93. The van der Waals surface area contributed by atoms with Crippen LogP contribution in [0.5, 0.6) is 0 Å². The molecule has 25 heavy (non-hydrogen) atoms. The average Bonchev–Trinajstić information content (AvgIpc) is 2.55. The molecular formula is C17H15ClN2O5. The molecule has 0 heterocycles. The van der Waals surface area contributed by atoms with Crippen molar-refractivity contribution < 1.29 is 19.2 Å². The first-order valence-electron chi connectivity index (χ1n) is 7.30. The van der Waals surface area contributed by atoms with Gasteiger partial charge in [-0.05, 0) is 30.2 Å². The number of ether oxygens (including phenoxy) is 1. The number of nitrogens with one attached hydrogen (secondary N) is 1. The number of amides is 1. The summed E-state index contributed by atoms with van der Waals surface area (Å²) < 4.78 is 4.91. The van der Waals surface area contributed by atoms with Gasteiger partial charge in [-0.1, -0.05) is 35.9 Å². The molecule has 0 bridgehead atoms. The van der Waals surface area contributed by atoms with Crippen molar-refractivity contribution in [3.05, 3.63) is 68.7 Å². The summed E-state index contributed by atoms with van der Waals surface area (Å²) in [6.45, 7) is 1.32. The normalized spacial score (nSPS) is 10.2. The molecule has 0 atom stereocenters. The summed E-state index contributed by atoms with van der Waals surface area (Å²) in [4.78, 5) is 34.0. The lowest BCUT2D eigenvalue weighted by Crippen LogP contribution is -2.22. The van der Waals surface area contributed by atoms with E-state index in [1.54, 1.807) is 12.1 Å². The van der Waals surface area contributed by atoms with Gasteiger partial charge in [0, 0.05) is 11.1 Å². The van der Waals surface area contributed by atoms with Crippen LogP contribution in [0.15, 0.2) is 42.5 Å². The van der Waals surface area contributed by atoms with E-state index in [4.69, 9.17) is 16.3 Å². The number of carbonyl (C=O) groups excluding carboxylic acids is 2. The highest BCUT2D eigenvalue weighted by atomic mass is 35.5. The zero-order valence-corrected chi connectivity index (χ0v) is 14.1. The second-order valence-corrected chi connectivity index (χ2v) is 5.67. The summed E-state index contributed by atoms with van der Waals surface area (Å²) in [5, 5.41) is 13.5. The maximum Gasteiger partial charge on any atom is 0.310 e. The minimum atomic E-state index is -0.691. The zero-order valence-electron chi connectivity index (χ0n) is 13.3. The number of hydrogen-bond acceptors (Lipinski definition) is 5. The Bertz CT molecular complexity index is 822. The maximum absolute atomic E-state index is 11.9. The third kappa shape index (κ3) is 5.29. The van der Waals surface area contributed by atoms with Gasteiger partial charge in [0.15, 0.2) is 6.61 Å². The van der Waals surface area contributed by atoms with Gasteiger partial charge >= 0.3 is 5.97 Å². The van der Waals surface area contributed by atoms with E-state index in [1.807, 2.05) is 19.1 Å². The lowest BCUT2D eigenvalue weighted by Gasteiger charge is -2.08. The minimum absolute atomic E-state index is 0.0390. The van der Waals surface area contributed by atoms with Crippen LogP contribution in [0, 0.1) is 17.0 Å². The Morgan fingerprint density at radius 3 is 2.64 bits per heavy atom. The molecule has 8 heteroatoms. The van der Waals surface area contributed by atoms with Crippen LogP contribution in [-0.2, 0) is 20.7 Å². The van der Waals surface area contributed by atoms with E-state index in [1.165, 1.54) is 18.2 Å². The van der Waals surface area contributed by atoms with E-state index in [0.717, 1.165) is 11.1 Å². The molecule has 0 aromatic heterocycles. The van der Waals surface area contributed by atoms with Crippen molar-refractivity contribution in [1.29, 1.82) is 0 Å². The Morgan fingerprint density at radius 1 is 1.24 bits per heavy atom. The lowest BCUT2D eigenvalue weighted by atomic mass is 10.1. The first-order chi connectivity index (χ1) is 11.9. The van der Waals surface area contributed by atoms with Crippen molar-refractivity contribution in [1.82, 2.24) is 0 Å². The van der Waals surface area contributed by atoms with Gasteiger partial charge in [0.25, 0.3) is 11.6 Å². The highest BCUT2D eigenvalue weighted by Gasteiger charge is 2.17. The molecule has 0 radical (unpaired) electrons. The van der Waals surface area contributed by atoms with Crippen LogP contribution in [-0.4, -0.2) is 23.4 Å². The van der Waals surface area contributed by atoms with Crippen LogP contribution >= 0.6 is 11.6 Å². The van der Waals surface area contributed by atoms with Gasteiger partial charge in [-0.2, -0.15) is 0 Å². The van der Waals surface area contributed by atoms with Gasteiger partial charge in [-0.25, -0.2) is 0 Å². The number of aryl methyl sites for hydroxylation is 1. The molecule has 0 aliphatic carbocycles.